The summed E-state index contributed by atoms with van der Waals surface area (Å²) in [6.45, 7) is 2.23. The third-order valence-corrected chi connectivity index (χ3v) is 4.34. The summed E-state index contributed by atoms with van der Waals surface area (Å²) in [4.78, 5) is 28.1. The fourth-order valence-corrected chi connectivity index (χ4v) is 2.58. The van der Waals surface area contributed by atoms with Crippen molar-refractivity contribution in [3.63, 3.8) is 0 Å². The SMILES string of the molecule is CCCCc1nc(-c2ccc(OCc3cc(=O)n(C)c(=O)n3C)cc2)no1. The maximum atomic E-state index is 11.9. The Hall–Kier alpha value is -3.16. The molecule has 0 amide bonds. The second-order valence-corrected chi connectivity index (χ2v) is 6.30. The molecule has 0 unspecified atom stereocenters. The first kappa shape index (κ1) is 18.6. The highest BCUT2D eigenvalue weighted by molar-refractivity contribution is 5.55. The van der Waals surface area contributed by atoms with E-state index in [9.17, 15) is 9.59 Å². The Kier molecular flexibility index (Phi) is 5.54. The summed E-state index contributed by atoms with van der Waals surface area (Å²) in [7, 11) is 3.05. The molecule has 0 aliphatic carbocycles. The molecule has 0 atom stereocenters. The van der Waals surface area contributed by atoms with Crippen molar-refractivity contribution in [2.24, 2.45) is 14.1 Å². The quantitative estimate of drug-likeness (QED) is 0.632. The maximum Gasteiger partial charge on any atom is 0.330 e. The van der Waals surface area contributed by atoms with Crippen molar-refractivity contribution in [3.8, 4) is 17.1 Å². The number of ether oxygens (including phenoxy) is 1. The lowest BCUT2D eigenvalue weighted by atomic mass is 10.2. The van der Waals surface area contributed by atoms with Crippen LogP contribution in [0.3, 0.4) is 0 Å². The van der Waals surface area contributed by atoms with Gasteiger partial charge in [0, 0.05) is 32.1 Å². The fourth-order valence-electron chi connectivity index (χ4n) is 2.58. The van der Waals surface area contributed by atoms with E-state index in [1.165, 1.54) is 17.7 Å². The van der Waals surface area contributed by atoms with Gasteiger partial charge in [-0.3, -0.25) is 13.9 Å². The number of hydrogen-bond acceptors (Lipinski definition) is 6. The maximum absolute atomic E-state index is 11.9. The molecule has 2 aromatic heterocycles. The van der Waals surface area contributed by atoms with Gasteiger partial charge >= 0.3 is 5.69 Å². The Morgan fingerprint density at radius 2 is 1.85 bits per heavy atom. The van der Waals surface area contributed by atoms with Gasteiger partial charge in [-0.2, -0.15) is 4.98 Å². The predicted octanol–water partition coefficient (Wildman–Crippen LogP) is 2.06. The van der Waals surface area contributed by atoms with Gasteiger partial charge in [-0.1, -0.05) is 18.5 Å². The minimum Gasteiger partial charge on any atom is -0.487 e. The highest BCUT2D eigenvalue weighted by atomic mass is 16.5. The monoisotopic (exact) mass is 370 g/mol. The van der Waals surface area contributed by atoms with Crippen LogP contribution in [0.25, 0.3) is 11.4 Å². The van der Waals surface area contributed by atoms with Crippen molar-refractivity contribution >= 4 is 0 Å². The van der Waals surface area contributed by atoms with Crippen molar-refractivity contribution in [1.82, 2.24) is 19.3 Å². The molecule has 3 aromatic rings. The van der Waals surface area contributed by atoms with Crippen LogP contribution in [-0.4, -0.2) is 19.3 Å². The highest BCUT2D eigenvalue weighted by Gasteiger charge is 2.09. The predicted molar refractivity (Wildman–Crippen MR) is 99.6 cm³/mol. The summed E-state index contributed by atoms with van der Waals surface area (Å²) in [6.07, 6.45) is 2.86. The molecule has 0 spiro atoms. The second-order valence-electron chi connectivity index (χ2n) is 6.30. The number of benzene rings is 1. The van der Waals surface area contributed by atoms with Crippen molar-refractivity contribution in [1.29, 1.82) is 0 Å². The van der Waals surface area contributed by atoms with Gasteiger partial charge in [-0.15, -0.1) is 0 Å². The summed E-state index contributed by atoms with van der Waals surface area (Å²) in [5.41, 5.74) is 0.594. The van der Waals surface area contributed by atoms with E-state index in [0.29, 0.717) is 23.2 Å². The fraction of sp³-hybridized carbons (Fsp3) is 0.368. The Balaban J connectivity index is 1.69. The number of rotatable bonds is 7. The molecule has 27 heavy (non-hydrogen) atoms. The number of hydrogen-bond donors (Lipinski definition) is 0. The minimum absolute atomic E-state index is 0.116. The molecule has 142 valence electrons. The van der Waals surface area contributed by atoms with Crippen LogP contribution in [0.1, 0.15) is 31.4 Å². The van der Waals surface area contributed by atoms with Gasteiger partial charge < -0.3 is 9.26 Å². The van der Waals surface area contributed by atoms with Gasteiger partial charge in [0.1, 0.15) is 12.4 Å². The molecule has 0 saturated heterocycles. The molecule has 0 aliphatic rings. The molecule has 0 bridgehead atoms. The lowest BCUT2D eigenvalue weighted by molar-refractivity contribution is 0.293. The van der Waals surface area contributed by atoms with Gasteiger partial charge in [0.25, 0.3) is 5.56 Å². The van der Waals surface area contributed by atoms with Gasteiger partial charge in [0.2, 0.25) is 11.7 Å². The zero-order valence-electron chi connectivity index (χ0n) is 15.6. The number of nitrogens with zero attached hydrogens (tertiary/aromatic N) is 4. The molecule has 1 aromatic carbocycles. The summed E-state index contributed by atoms with van der Waals surface area (Å²) < 4.78 is 13.4. The second kappa shape index (κ2) is 8.03. The summed E-state index contributed by atoms with van der Waals surface area (Å²) in [5, 5.41) is 4.00. The topological polar surface area (TPSA) is 92.2 Å². The molecule has 0 N–H and O–H groups in total. The number of aromatic nitrogens is 4. The first-order valence-corrected chi connectivity index (χ1v) is 8.81. The van der Waals surface area contributed by atoms with Crippen LogP contribution in [0.15, 0.2) is 44.4 Å². The van der Waals surface area contributed by atoms with Crippen LogP contribution in [0.5, 0.6) is 5.75 Å². The molecular weight excluding hydrogens is 348 g/mol. The number of aryl methyl sites for hydroxylation is 1. The Morgan fingerprint density at radius 1 is 1.11 bits per heavy atom. The third kappa shape index (κ3) is 4.16. The van der Waals surface area contributed by atoms with Crippen molar-refractivity contribution < 1.29 is 9.26 Å². The first-order valence-electron chi connectivity index (χ1n) is 8.81. The average molecular weight is 370 g/mol. The zero-order valence-corrected chi connectivity index (χ0v) is 15.6. The standard InChI is InChI=1S/C19H22N4O4/c1-4-5-6-16-20-18(21-27-16)13-7-9-15(10-8-13)26-12-14-11-17(24)23(3)19(25)22(14)2/h7-11H,4-6,12H2,1-3H3. The lowest BCUT2D eigenvalue weighted by Crippen LogP contribution is -2.38. The smallest absolute Gasteiger partial charge is 0.330 e. The minimum atomic E-state index is -0.382. The largest absolute Gasteiger partial charge is 0.487 e. The van der Waals surface area contributed by atoms with Crippen molar-refractivity contribution in [3.05, 3.63) is 62.8 Å². The lowest BCUT2D eigenvalue weighted by Gasteiger charge is -2.11. The normalized spacial score (nSPS) is 10.9. The van der Waals surface area contributed by atoms with E-state index in [0.717, 1.165) is 29.4 Å². The van der Waals surface area contributed by atoms with Gasteiger partial charge in [0.15, 0.2) is 0 Å². The van der Waals surface area contributed by atoms with Crippen LogP contribution < -0.4 is 16.0 Å². The molecular formula is C19H22N4O4. The van der Waals surface area contributed by atoms with Gasteiger partial charge in [-0.25, -0.2) is 4.79 Å². The van der Waals surface area contributed by atoms with Crippen molar-refractivity contribution in [2.75, 3.05) is 0 Å². The molecule has 0 saturated carbocycles. The summed E-state index contributed by atoms with van der Waals surface area (Å²) in [5.74, 6) is 1.79. The summed E-state index contributed by atoms with van der Waals surface area (Å²) in [6, 6.07) is 8.65. The molecule has 8 nitrogen and oxygen atoms in total. The third-order valence-electron chi connectivity index (χ3n) is 4.34. The molecule has 8 heteroatoms. The average Bonchev–Trinajstić information content (AvgIpc) is 3.16. The first-order chi connectivity index (χ1) is 13.0. The molecule has 3 rings (SSSR count). The Bertz CT molecular complexity index is 1030. The molecule has 0 aliphatic heterocycles. The summed E-state index contributed by atoms with van der Waals surface area (Å²) >= 11 is 0. The van der Waals surface area contributed by atoms with E-state index in [2.05, 4.69) is 17.1 Å². The Morgan fingerprint density at radius 3 is 2.56 bits per heavy atom. The molecule has 0 radical (unpaired) electrons. The van der Waals surface area contributed by atoms with E-state index in [1.807, 2.05) is 12.1 Å². The van der Waals surface area contributed by atoms with Gasteiger partial charge in [0.05, 0.1) is 5.69 Å². The van der Waals surface area contributed by atoms with Crippen LogP contribution in [0.4, 0.5) is 0 Å². The van der Waals surface area contributed by atoms with Crippen LogP contribution >= 0.6 is 0 Å². The molecule has 2 heterocycles. The van der Waals surface area contributed by atoms with E-state index in [4.69, 9.17) is 9.26 Å². The number of unbranched alkanes of at least 4 members (excludes halogenated alkanes) is 1. The highest BCUT2D eigenvalue weighted by Crippen LogP contribution is 2.21. The zero-order chi connectivity index (χ0) is 19.4. The van der Waals surface area contributed by atoms with Crippen LogP contribution in [0, 0.1) is 0 Å². The van der Waals surface area contributed by atoms with Crippen molar-refractivity contribution in [2.45, 2.75) is 32.8 Å². The van der Waals surface area contributed by atoms with Crippen LogP contribution in [0.2, 0.25) is 0 Å². The Labute approximate surface area is 156 Å². The van der Waals surface area contributed by atoms with E-state index in [1.54, 1.807) is 19.2 Å². The van der Waals surface area contributed by atoms with Gasteiger partial charge in [-0.05, 0) is 30.7 Å². The molecule has 0 fully saturated rings. The van der Waals surface area contributed by atoms with E-state index < -0.39 is 0 Å². The van der Waals surface area contributed by atoms with E-state index in [-0.39, 0.29) is 17.9 Å². The van der Waals surface area contributed by atoms with E-state index >= 15 is 0 Å². The van der Waals surface area contributed by atoms with Crippen LogP contribution in [-0.2, 0) is 27.1 Å².